The number of hydrogen-bond acceptors (Lipinski definition) is 9. The van der Waals surface area contributed by atoms with E-state index in [-0.39, 0.29) is 19.0 Å². The first kappa shape index (κ1) is 32.9. The van der Waals surface area contributed by atoms with Crippen LogP contribution in [-0.4, -0.2) is 44.1 Å². The van der Waals surface area contributed by atoms with Crippen molar-refractivity contribution in [2.24, 2.45) is 0 Å². The van der Waals surface area contributed by atoms with Crippen LogP contribution < -0.4 is 10.1 Å². The number of hydrogen-bond donors (Lipinski definition) is 3. The number of halogens is 2. The number of amides is 1. The van der Waals surface area contributed by atoms with Crippen LogP contribution >= 0.6 is 19.4 Å². The van der Waals surface area contributed by atoms with Crippen LogP contribution in [0, 0.1) is 5.82 Å². The third-order valence-electron chi connectivity index (χ3n) is 6.56. The lowest BCUT2D eigenvalue weighted by Gasteiger charge is -2.20. The number of nitrogens with one attached hydrogen (secondary N) is 1. The zero-order chi connectivity index (χ0) is 32.7. The molecule has 240 valence electrons. The fourth-order valence-corrected chi connectivity index (χ4v) is 4.90. The molecule has 0 fully saturated rings. The fourth-order valence-electron chi connectivity index (χ4n) is 4.48. The van der Waals surface area contributed by atoms with Crippen molar-refractivity contribution >= 4 is 47.9 Å². The van der Waals surface area contributed by atoms with Crippen molar-refractivity contribution in [1.29, 1.82) is 0 Å². The van der Waals surface area contributed by atoms with Crippen molar-refractivity contribution in [3.8, 4) is 17.1 Å². The molecule has 3 aromatic carbocycles. The summed E-state index contributed by atoms with van der Waals surface area (Å²) in [7, 11) is -4.77. The summed E-state index contributed by atoms with van der Waals surface area (Å²) in [6.45, 7) is 1.52. The summed E-state index contributed by atoms with van der Waals surface area (Å²) in [4.78, 5) is 40.2. The highest BCUT2D eigenvalue weighted by atomic mass is 35.5. The number of benzene rings is 3. The molecule has 0 aliphatic heterocycles. The van der Waals surface area contributed by atoms with Crippen LogP contribution in [0.4, 0.5) is 20.7 Å². The zero-order valence-corrected chi connectivity index (χ0v) is 26.1. The van der Waals surface area contributed by atoms with Gasteiger partial charge in [-0.05, 0) is 72.6 Å². The topological polar surface area (TPSA) is 156 Å². The van der Waals surface area contributed by atoms with E-state index in [4.69, 9.17) is 35.3 Å². The van der Waals surface area contributed by atoms with Crippen LogP contribution in [-0.2, 0) is 27.0 Å². The van der Waals surface area contributed by atoms with Crippen molar-refractivity contribution in [2.75, 3.05) is 18.7 Å². The normalized spacial score (nSPS) is 11.4. The molecule has 12 nitrogen and oxygen atoms in total. The number of phosphoric acid groups is 1. The fraction of sp³-hybridized carbons (Fsp3) is 0.194. The van der Waals surface area contributed by atoms with Crippen molar-refractivity contribution < 1.29 is 42.0 Å². The van der Waals surface area contributed by atoms with Gasteiger partial charge in [0.05, 0.1) is 17.1 Å². The van der Waals surface area contributed by atoms with Gasteiger partial charge in [0.2, 0.25) is 6.79 Å². The second-order valence-corrected chi connectivity index (χ2v) is 11.6. The van der Waals surface area contributed by atoms with Gasteiger partial charge in [-0.3, -0.25) is 0 Å². The average Bonchev–Trinajstić information content (AvgIpc) is 3.48. The summed E-state index contributed by atoms with van der Waals surface area (Å²) in [5.41, 5.74) is 2.75. The first-order valence-electron chi connectivity index (χ1n) is 14.0. The van der Waals surface area contributed by atoms with Crippen LogP contribution in [0.5, 0.6) is 5.75 Å². The molecule has 5 aromatic rings. The lowest BCUT2D eigenvalue weighted by Crippen LogP contribution is -2.32. The van der Waals surface area contributed by atoms with E-state index in [0.29, 0.717) is 63.2 Å². The van der Waals surface area contributed by atoms with Gasteiger partial charge < -0.3 is 33.9 Å². The third kappa shape index (κ3) is 8.81. The third-order valence-corrected chi connectivity index (χ3v) is 7.30. The Balaban J connectivity index is 1.29. The molecule has 0 aliphatic carbocycles. The largest absolute Gasteiger partial charge is 0.487 e. The molecular formula is C31H29ClFN4O8P. The molecule has 0 saturated heterocycles. The van der Waals surface area contributed by atoms with Crippen molar-refractivity contribution in [3.05, 3.63) is 101 Å². The van der Waals surface area contributed by atoms with E-state index in [1.54, 1.807) is 42.5 Å². The highest BCUT2D eigenvalue weighted by Crippen LogP contribution is 2.36. The first-order valence-corrected chi connectivity index (χ1v) is 15.9. The summed E-state index contributed by atoms with van der Waals surface area (Å²) in [6.07, 6.45) is 1.25. The van der Waals surface area contributed by atoms with Gasteiger partial charge in [-0.15, -0.1) is 0 Å². The number of fused-ring (bicyclic) bond motifs is 1. The van der Waals surface area contributed by atoms with E-state index >= 15 is 0 Å². The summed E-state index contributed by atoms with van der Waals surface area (Å²) >= 11 is 6.48. The van der Waals surface area contributed by atoms with E-state index in [0.717, 1.165) is 5.56 Å². The lowest BCUT2D eigenvalue weighted by molar-refractivity contribution is 0.0181. The molecule has 0 aliphatic rings. The Hall–Kier alpha value is -4.52. The summed E-state index contributed by atoms with van der Waals surface area (Å²) < 4.78 is 45.2. The molecule has 0 atom stereocenters. The maximum Gasteiger partial charge on any atom is 0.472 e. The minimum atomic E-state index is -4.77. The molecule has 46 heavy (non-hydrogen) atoms. The predicted octanol–water partition coefficient (Wildman–Crippen LogP) is 7.42. The molecule has 0 bridgehead atoms. The van der Waals surface area contributed by atoms with Gasteiger partial charge >= 0.3 is 13.9 Å². The second kappa shape index (κ2) is 14.7. The van der Waals surface area contributed by atoms with Gasteiger partial charge in [0.1, 0.15) is 41.8 Å². The molecule has 5 rings (SSSR count). The Kier molecular flexibility index (Phi) is 10.5. The highest BCUT2D eigenvalue weighted by molar-refractivity contribution is 7.46. The Morgan fingerprint density at radius 3 is 2.70 bits per heavy atom. The quantitative estimate of drug-likeness (QED) is 0.0846. The number of carbonyl (C=O) groups excluding carboxylic acids is 1. The minimum Gasteiger partial charge on any atom is -0.487 e. The Morgan fingerprint density at radius 2 is 1.93 bits per heavy atom. The Labute approximate surface area is 267 Å². The average molecular weight is 671 g/mol. The van der Waals surface area contributed by atoms with Gasteiger partial charge in [-0.1, -0.05) is 30.7 Å². The predicted molar refractivity (Wildman–Crippen MR) is 168 cm³/mol. The van der Waals surface area contributed by atoms with Crippen molar-refractivity contribution in [3.63, 3.8) is 0 Å². The van der Waals surface area contributed by atoms with Crippen molar-refractivity contribution in [2.45, 2.75) is 26.5 Å². The van der Waals surface area contributed by atoms with Gasteiger partial charge in [-0.2, -0.15) is 0 Å². The van der Waals surface area contributed by atoms with E-state index in [1.165, 1.54) is 23.4 Å². The smallest absolute Gasteiger partial charge is 0.472 e. The van der Waals surface area contributed by atoms with Gasteiger partial charge in [0.15, 0.2) is 0 Å². The summed E-state index contributed by atoms with van der Waals surface area (Å²) in [5, 5.41) is 4.34. The molecule has 0 unspecified atom stereocenters. The zero-order valence-electron chi connectivity index (χ0n) is 24.4. The van der Waals surface area contributed by atoms with Gasteiger partial charge in [0, 0.05) is 23.2 Å². The van der Waals surface area contributed by atoms with E-state index in [9.17, 15) is 13.8 Å². The van der Waals surface area contributed by atoms with Crippen LogP contribution in [0.15, 0.2) is 83.5 Å². The van der Waals surface area contributed by atoms with E-state index in [2.05, 4.69) is 19.8 Å². The molecule has 0 spiro atoms. The van der Waals surface area contributed by atoms with Crippen LogP contribution in [0.3, 0.4) is 0 Å². The van der Waals surface area contributed by atoms with Crippen LogP contribution in [0.1, 0.15) is 24.7 Å². The standard InChI is InChI=1S/C31H29ClFN4O8P/c1-2-12-37(31(38)43-19-44-46(39,40)41)16-24-8-11-28(45-24)21-6-9-27-25(14-21)30(35-18-34-27)36-23-7-10-29(26(32)15-23)42-17-20-4-3-5-22(33)13-20/h3-11,13-15,18H,2,12,16-17,19H2,1H3,(H,34,35,36)(H2,39,40,41). The molecule has 1 amide bonds. The number of carbonyl (C=O) groups is 1. The monoisotopic (exact) mass is 670 g/mol. The molecular weight excluding hydrogens is 642 g/mol. The summed E-state index contributed by atoms with van der Waals surface area (Å²) in [5.74, 6) is 1.63. The molecule has 0 saturated carbocycles. The van der Waals surface area contributed by atoms with E-state index < -0.39 is 20.7 Å². The van der Waals surface area contributed by atoms with Crippen LogP contribution in [0.25, 0.3) is 22.2 Å². The van der Waals surface area contributed by atoms with Crippen molar-refractivity contribution in [1.82, 2.24) is 14.9 Å². The maximum atomic E-state index is 13.5. The summed E-state index contributed by atoms with van der Waals surface area (Å²) in [6, 6.07) is 20.4. The SMILES string of the molecule is CCCN(Cc1ccc(-c2ccc3ncnc(Nc4ccc(OCc5cccc(F)c5)c(Cl)c4)c3c2)o1)C(=O)OCOP(=O)(O)O. The number of aromatic nitrogens is 2. The minimum absolute atomic E-state index is 0.0643. The van der Waals surface area contributed by atoms with E-state index in [1.807, 2.05) is 25.1 Å². The number of nitrogens with zero attached hydrogens (tertiary/aromatic N) is 3. The lowest BCUT2D eigenvalue weighted by atomic mass is 10.1. The molecule has 3 N–H and O–H groups in total. The number of ether oxygens (including phenoxy) is 2. The highest BCUT2D eigenvalue weighted by Gasteiger charge is 2.20. The molecule has 2 aromatic heterocycles. The molecule has 2 heterocycles. The molecule has 0 radical (unpaired) electrons. The Bertz CT molecular complexity index is 1880. The second-order valence-electron chi connectivity index (χ2n) is 9.98. The van der Waals surface area contributed by atoms with Gasteiger partial charge in [-0.25, -0.2) is 28.2 Å². The number of rotatable bonds is 13. The number of furan rings is 1. The maximum absolute atomic E-state index is 13.5. The van der Waals surface area contributed by atoms with Crippen LogP contribution in [0.2, 0.25) is 5.02 Å². The van der Waals surface area contributed by atoms with Gasteiger partial charge in [0.25, 0.3) is 0 Å². The Morgan fingerprint density at radius 1 is 1.09 bits per heavy atom. The number of phosphoric ester groups is 1. The number of anilines is 2. The first-order chi connectivity index (χ1) is 22.1. The molecule has 15 heteroatoms.